The predicted octanol–water partition coefficient (Wildman–Crippen LogP) is 0.0709. The van der Waals surface area contributed by atoms with Crippen LogP contribution in [0.2, 0.25) is 0 Å². The first-order valence-electron chi connectivity index (χ1n) is 3.57. The molecule has 3 N–H and O–H groups in total. The third kappa shape index (κ3) is 3.95. The van der Waals surface area contributed by atoms with Gasteiger partial charge in [-0.2, -0.15) is 0 Å². The predicted molar refractivity (Wildman–Crippen MR) is 41.3 cm³/mol. The highest BCUT2D eigenvalue weighted by Crippen LogP contribution is 2.03. The van der Waals surface area contributed by atoms with Crippen molar-refractivity contribution >= 4 is 5.97 Å². The van der Waals surface area contributed by atoms with Gasteiger partial charge in [-0.05, 0) is 6.42 Å². The molecule has 0 aliphatic rings. The SMILES string of the molecule is COCCC(N)C(C)C(=O)O. The van der Waals surface area contributed by atoms with Gasteiger partial charge in [-0.25, -0.2) is 0 Å². The van der Waals surface area contributed by atoms with E-state index in [1.54, 1.807) is 14.0 Å². The minimum atomic E-state index is -0.853. The number of hydrogen-bond donors (Lipinski definition) is 2. The maximum atomic E-state index is 10.4. The van der Waals surface area contributed by atoms with E-state index in [2.05, 4.69) is 0 Å². The Hall–Kier alpha value is -0.610. The molecule has 0 heterocycles. The number of methoxy groups -OCH3 is 1. The summed E-state index contributed by atoms with van der Waals surface area (Å²) in [5.41, 5.74) is 5.54. The second kappa shape index (κ2) is 5.09. The Kier molecular flexibility index (Phi) is 4.81. The van der Waals surface area contributed by atoms with E-state index >= 15 is 0 Å². The van der Waals surface area contributed by atoms with E-state index in [-0.39, 0.29) is 6.04 Å². The van der Waals surface area contributed by atoms with Crippen molar-refractivity contribution in [3.05, 3.63) is 0 Å². The molecule has 0 aromatic heterocycles. The lowest BCUT2D eigenvalue weighted by Crippen LogP contribution is -2.34. The molecule has 11 heavy (non-hydrogen) atoms. The van der Waals surface area contributed by atoms with Crippen molar-refractivity contribution in [2.24, 2.45) is 11.7 Å². The highest BCUT2D eigenvalue weighted by Gasteiger charge is 2.18. The van der Waals surface area contributed by atoms with E-state index in [1.807, 2.05) is 0 Å². The van der Waals surface area contributed by atoms with Crippen LogP contribution in [-0.4, -0.2) is 30.8 Å². The van der Waals surface area contributed by atoms with Gasteiger partial charge in [0.2, 0.25) is 0 Å². The topological polar surface area (TPSA) is 72.5 Å². The van der Waals surface area contributed by atoms with Gasteiger partial charge in [0.25, 0.3) is 0 Å². The molecule has 0 saturated carbocycles. The van der Waals surface area contributed by atoms with Gasteiger partial charge in [0.15, 0.2) is 0 Å². The maximum absolute atomic E-state index is 10.4. The van der Waals surface area contributed by atoms with Crippen LogP contribution in [-0.2, 0) is 9.53 Å². The Morgan fingerprint density at radius 1 is 1.73 bits per heavy atom. The minimum Gasteiger partial charge on any atom is -0.481 e. The molecule has 2 unspecified atom stereocenters. The second-order valence-electron chi connectivity index (χ2n) is 2.57. The molecule has 0 rings (SSSR count). The van der Waals surface area contributed by atoms with Crippen molar-refractivity contribution in [2.45, 2.75) is 19.4 Å². The zero-order valence-electron chi connectivity index (χ0n) is 6.91. The number of aliphatic carboxylic acids is 1. The first-order chi connectivity index (χ1) is 5.09. The lowest BCUT2D eigenvalue weighted by Gasteiger charge is -2.14. The molecule has 4 nitrogen and oxygen atoms in total. The molecular formula is C7H15NO3. The number of carboxylic acids is 1. The smallest absolute Gasteiger partial charge is 0.307 e. The Morgan fingerprint density at radius 2 is 2.27 bits per heavy atom. The summed E-state index contributed by atoms with van der Waals surface area (Å²) in [4.78, 5) is 10.4. The largest absolute Gasteiger partial charge is 0.481 e. The van der Waals surface area contributed by atoms with Crippen molar-refractivity contribution in [1.82, 2.24) is 0 Å². The molecule has 0 fully saturated rings. The van der Waals surface area contributed by atoms with E-state index in [0.29, 0.717) is 13.0 Å². The summed E-state index contributed by atoms with van der Waals surface area (Å²) < 4.78 is 4.77. The zero-order valence-corrected chi connectivity index (χ0v) is 6.91. The number of carboxylic acid groups (broad SMARTS) is 1. The standard InChI is InChI=1S/C7H15NO3/c1-5(7(9)10)6(8)3-4-11-2/h5-6H,3-4,8H2,1-2H3,(H,9,10). The van der Waals surface area contributed by atoms with Crippen molar-refractivity contribution < 1.29 is 14.6 Å². The molecule has 0 bridgehead atoms. The van der Waals surface area contributed by atoms with Crippen LogP contribution in [0.5, 0.6) is 0 Å². The number of ether oxygens (including phenoxy) is 1. The maximum Gasteiger partial charge on any atom is 0.307 e. The molecule has 0 spiro atoms. The molecule has 0 aromatic rings. The van der Waals surface area contributed by atoms with Crippen molar-refractivity contribution in [3.63, 3.8) is 0 Å². The van der Waals surface area contributed by atoms with Crippen LogP contribution in [0.4, 0.5) is 0 Å². The summed E-state index contributed by atoms with van der Waals surface area (Å²) in [6.07, 6.45) is 0.587. The summed E-state index contributed by atoms with van der Waals surface area (Å²) in [6, 6.07) is -0.313. The molecular weight excluding hydrogens is 146 g/mol. The highest BCUT2D eigenvalue weighted by molar-refractivity contribution is 5.70. The summed E-state index contributed by atoms with van der Waals surface area (Å²) >= 11 is 0. The summed E-state index contributed by atoms with van der Waals surface area (Å²) in [7, 11) is 1.57. The first-order valence-corrected chi connectivity index (χ1v) is 3.57. The fourth-order valence-corrected chi connectivity index (χ4v) is 0.687. The second-order valence-corrected chi connectivity index (χ2v) is 2.57. The van der Waals surface area contributed by atoms with E-state index in [4.69, 9.17) is 15.6 Å². The molecule has 0 aliphatic carbocycles. The number of carbonyl (C=O) groups is 1. The Balaban J connectivity index is 3.63. The first kappa shape index (κ1) is 10.4. The number of rotatable bonds is 5. The van der Waals surface area contributed by atoms with Crippen LogP contribution >= 0.6 is 0 Å². The van der Waals surface area contributed by atoms with Gasteiger partial charge >= 0.3 is 5.97 Å². The molecule has 0 aliphatic heterocycles. The molecule has 4 heteroatoms. The average molecular weight is 161 g/mol. The van der Waals surface area contributed by atoms with E-state index in [1.165, 1.54) is 0 Å². The normalized spacial score (nSPS) is 15.9. The molecule has 0 radical (unpaired) electrons. The van der Waals surface area contributed by atoms with Gasteiger partial charge in [-0.3, -0.25) is 4.79 Å². The van der Waals surface area contributed by atoms with Gasteiger partial charge in [0.1, 0.15) is 0 Å². The van der Waals surface area contributed by atoms with Crippen LogP contribution in [0.15, 0.2) is 0 Å². The number of hydrogen-bond acceptors (Lipinski definition) is 3. The molecule has 0 amide bonds. The summed E-state index contributed by atoms with van der Waals surface area (Å²) in [5.74, 6) is -1.35. The molecule has 66 valence electrons. The van der Waals surface area contributed by atoms with Crippen molar-refractivity contribution in [1.29, 1.82) is 0 Å². The van der Waals surface area contributed by atoms with Gasteiger partial charge in [0.05, 0.1) is 5.92 Å². The Labute approximate surface area is 66.3 Å². The van der Waals surface area contributed by atoms with Gasteiger partial charge < -0.3 is 15.6 Å². The Bertz CT molecular complexity index is 127. The van der Waals surface area contributed by atoms with Crippen LogP contribution in [0.3, 0.4) is 0 Å². The lowest BCUT2D eigenvalue weighted by atomic mass is 10.0. The third-order valence-corrected chi connectivity index (χ3v) is 1.69. The van der Waals surface area contributed by atoms with E-state index in [9.17, 15) is 4.79 Å². The van der Waals surface area contributed by atoms with Gasteiger partial charge in [0, 0.05) is 19.8 Å². The molecule has 0 saturated heterocycles. The van der Waals surface area contributed by atoms with Crippen molar-refractivity contribution in [3.8, 4) is 0 Å². The molecule has 0 aromatic carbocycles. The minimum absolute atomic E-state index is 0.313. The van der Waals surface area contributed by atoms with Crippen LogP contribution in [0, 0.1) is 5.92 Å². The fraction of sp³-hybridized carbons (Fsp3) is 0.857. The van der Waals surface area contributed by atoms with Crippen LogP contribution in [0.1, 0.15) is 13.3 Å². The summed E-state index contributed by atoms with van der Waals surface area (Å²) in [5, 5.41) is 8.53. The zero-order chi connectivity index (χ0) is 8.85. The quantitative estimate of drug-likeness (QED) is 0.598. The fourth-order valence-electron chi connectivity index (χ4n) is 0.687. The van der Waals surface area contributed by atoms with Gasteiger partial charge in [-0.15, -0.1) is 0 Å². The van der Waals surface area contributed by atoms with E-state index in [0.717, 1.165) is 0 Å². The van der Waals surface area contributed by atoms with Crippen molar-refractivity contribution in [2.75, 3.05) is 13.7 Å². The summed E-state index contributed by atoms with van der Waals surface area (Å²) in [6.45, 7) is 2.11. The van der Waals surface area contributed by atoms with E-state index < -0.39 is 11.9 Å². The van der Waals surface area contributed by atoms with Gasteiger partial charge in [-0.1, -0.05) is 6.92 Å². The third-order valence-electron chi connectivity index (χ3n) is 1.69. The molecule has 2 atom stereocenters. The monoisotopic (exact) mass is 161 g/mol. The highest BCUT2D eigenvalue weighted by atomic mass is 16.5. The Morgan fingerprint density at radius 3 is 2.64 bits per heavy atom. The van der Waals surface area contributed by atoms with Crippen LogP contribution < -0.4 is 5.73 Å². The van der Waals surface area contributed by atoms with Crippen LogP contribution in [0.25, 0.3) is 0 Å². The number of nitrogens with two attached hydrogens (primary N) is 1. The average Bonchev–Trinajstić information content (AvgIpc) is 1.98. The lowest BCUT2D eigenvalue weighted by molar-refractivity contribution is -0.141.